The van der Waals surface area contributed by atoms with Crippen molar-refractivity contribution in [2.75, 3.05) is 12.4 Å². The summed E-state index contributed by atoms with van der Waals surface area (Å²) in [5.41, 5.74) is 0.582. The van der Waals surface area contributed by atoms with Crippen LogP contribution in [0, 0.1) is 10.1 Å². The van der Waals surface area contributed by atoms with E-state index in [0.29, 0.717) is 5.69 Å². The second-order valence-electron chi connectivity index (χ2n) is 4.59. The molecule has 2 aromatic carbocycles. The lowest BCUT2D eigenvalue weighted by Crippen LogP contribution is -2.23. The first-order valence-corrected chi connectivity index (χ1v) is 6.24. The molecule has 0 aliphatic heterocycles. The highest BCUT2D eigenvalue weighted by atomic mass is 16.6. The summed E-state index contributed by atoms with van der Waals surface area (Å²) in [6.07, 6.45) is 0. The molecule has 0 saturated heterocycles. The normalized spacial score (nSPS) is 12.6. The monoisotopic (exact) mass is 282 g/mol. The van der Waals surface area contributed by atoms with Crippen LogP contribution in [0.25, 0.3) is 0 Å². The summed E-state index contributed by atoms with van der Waals surface area (Å²) < 4.78 is 0. The molecule has 104 valence electrons. The van der Waals surface area contributed by atoms with Gasteiger partial charge in [-0.05, 0) is 12.1 Å². The van der Waals surface area contributed by atoms with Crippen LogP contribution >= 0.6 is 0 Å². The summed E-state index contributed by atoms with van der Waals surface area (Å²) in [6.45, 7) is 0. The van der Waals surface area contributed by atoms with E-state index in [0.717, 1.165) is 0 Å². The molecular formula is C15H10N2O4. The SMILES string of the molecule is CNc1cccc2c1C(=O)c1cccc([N+](=O)[O-])c1C2=O. The van der Waals surface area contributed by atoms with Crippen LogP contribution in [0.2, 0.25) is 0 Å². The van der Waals surface area contributed by atoms with Crippen molar-refractivity contribution in [2.45, 2.75) is 0 Å². The van der Waals surface area contributed by atoms with Gasteiger partial charge in [-0.25, -0.2) is 0 Å². The number of rotatable bonds is 2. The van der Waals surface area contributed by atoms with Crippen LogP contribution in [0.4, 0.5) is 11.4 Å². The molecule has 0 spiro atoms. The fourth-order valence-corrected chi connectivity index (χ4v) is 2.58. The second kappa shape index (κ2) is 4.52. The summed E-state index contributed by atoms with van der Waals surface area (Å²) in [6, 6.07) is 8.92. The third-order valence-corrected chi connectivity index (χ3v) is 3.52. The number of anilines is 1. The Hall–Kier alpha value is -3.02. The van der Waals surface area contributed by atoms with Crippen LogP contribution in [0.5, 0.6) is 0 Å². The Bertz CT molecular complexity index is 811. The van der Waals surface area contributed by atoms with Crippen LogP contribution in [-0.4, -0.2) is 23.5 Å². The van der Waals surface area contributed by atoms with Crippen molar-refractivity contribution in [1.29, 1.82) is 0 Å². The minimum Gasteiger partial charge on any atom is -0.388 e. The van der Waals surface area contributed by atoms with Gasteiger partial charge in [0.25, 0.3) is 5.69 Å². The van der Waals surface area contributed by atoms with Crippen LogP contribution in [0.15, 0.2) is 36.4 Å². The van der Waals surface area contributed by atoms with E-state index in [4.69, 9.17) is 0 Å². The molecule has 0 aromatic heterocycles. The molecule has 0 atom stereocenters. The molecule has 0 bridgehead atoms. The smallest absolute Gasteiger partial charge is 0.281 e. The van der Waals surface area contributed by atoms with Gasteiger partial charge in [0.15, 0.2) is 5.78 Å². The lowest BCUT2D eigenvalue weighted by atomic mass is 9.82. The zero-order valence-electron chi connectivity index (χ0n) is 11.0. The van der Waals surface area contributed by atoms with Gasteiger partial charge in [0.2, 0.25) is 5.78 Å². The van der Waals surface area contributed by atoms with E-state index in [1.54, 1.807) is 19.2 Å². The van der Waals surface area contributed by atoms with E-state index < -0.39 is 10.7 Å². The van der Waals surface area contributed by atoms with Gasteiger partial charge in [0.05, 0.1) is 10.5 Å². The van der Waals surface area contributed by atoms with E-state index in [9.17, 15) is 19.7 Å². The van der Waals surface area contributed by atoms with E-state index in [2.05, 4.69) is 5.32 Å². The van der Waals surface area contributed by atoms with Gasteiger partial charge < -0.3 is 5.32 Å². The average molecular weight is 282 g/mol. The predicted octanol–water partition coefficient (Wildman–Crippen LogP) is 2.41. The molecule has 0 radical (unpaired) electrons. The molecule has 3 rings (SSSR count). The molecule has 6 heteroatoms. The molecule has 6 nitrogen and oxygen atoms in total. The second-order valence-corrected chi connectivity index (χ2v) is 4.59. The summed E-state index contributed by atoms with van der Waals surface area (Å²) in [7, 11) is 1.65. The van der Waals surface area contributed by atoms with Crippen molar-refractivity contribution in [3.8, 4) is 0 Å². The maximum absolute atomic E-state index is 12.6. The lowest BCUT2D eigenvalue weighted by molar-refractivity contribution is -0.385. The number of nitrogens with zero attached hydrogens (tertiary/aromatic N) is 1. The first-order chi connectivity index (χ1) is 10.1. The number of hydrogen-bond acceptors (Lipinski definition) is 5. The van der Waals surface area contributed by atoms with Gasteiger partial charge in [-0.15, -0.1) is 0 Å². The van der Waals surface area contributed by atoms with Gasteiger partial charge in [0, 0.05) is 29.9 Å². The number of hydrogen-bond donors (Lipinski definition) is 1. The maximum atomic E-state index is 12.6. The standard InChI is InChI=1S/C15H10N2O4/c1-16-10-6-2-4-8-12(10)14(18)9-5-3-7-11(17(20)21)13(9)15(8)19/h2-7,16H,1H3. The topological polar surface area (TPSA) is 89.3 Å². The molecule has 2 aromatic rings. The van der Waals surface area contributed by atoms with Crippen LogP contribution in [0.1, 0.15) is 31.8 Å². The molecule has 0 saturated carbocycles. The van der Waals surface area contributed by atoms with Crippen molar-refractivity contribution >= 4 is 22.9 Å². The summed E-state index contributed by atoms with van der Waals surface area (Å²) >= 11 is 0. The molecule has 0 heterocycles. The maximum Gasteiger partial charge on any atom is 0.281 e. The van der Waals surface area contributed by atoms with Gasteiger partial charge in [-0.3, -0.25) is 19.7 Å². The quantitative estimate of drug-likeness (QED) is 0.576. The van der Waals surface area contributed by atoms with Crippen molar-refractivity contribution in [1.82, 2.24) is 0 Å². The number of benzene rings is 2. The van der Waals surface area contributed by atoms with E-state index in [1.807, 2.05) is 0 Å². The summed E-state index contributed by atoms with van der Waals surface area (Å²) in [5, 5.41) is 14.0. The van der Waals surface area contributed by atoms with Crippen LogP contribution < -0.4 is 5.32 Å². The zero-order valence-corrected chi connectivity index (χ0v) is 11.0. The van der Waals surface area contributed by atoms with Gasteiger partial charge >= 0.3 is 0 Å². The van der Waals surface area contributed by atoms with E-state index >= 15 is 0 Å². The van der Waals surface area contributed by atoms with Crippen molar-refractivity contribution in [3.05, 3.63) is 68.8 Å². The number of nitro groups is 1. The van der Waals surface area contributed by atoms with E-state index in [-0.39, 0.29) is 33.7 Å². The first kappa shape index (κ1) is 13.0. The third-order valence-electron chi connectivity index (χ3n) is 3.52. The molecule has 1 aliphatic carbocycles. The Balaban J connectivity index is 2.36. The van der Waals surface area contributed by atoms with E-state index in [1.165, 1.54) is 24.3 Å². The molecule has 0 fully saturated rings. The highest BCUT2D eigenvalue weighted by Crippen LogP contribution is 2.35. The highest BCUT2D eigenvalue weighted by molar-refractivity contribution is 6.31. The molecule has 1 aliphatic rings. The number of nitro benzene ring substituents is 1. The average Bonchev–Trinajstić information content (AvgIpc) is 2.50. The van der Waals surface area contributed by atoms with Gasteiger partial charge in [-0.2, -0.15) is 0 Å². The molecule has 21 heavy (non-hydrogen) atoms. The molecule has 0 amide bonds. The number of carbonyl (C=O) groups is 2. The summed E-state index contributed by atoms with van der Waals surface area (Å²) in [4.78, 5) is 35.6. The Morgan fingerprint density at radius 1 is 0.952 bits per heavy atom. The Labute approximate surface area is 119 Å². The largest absolute Gasteiger partial charge is 0.388 e. The number of ketones is 2. The minimum atomic E-state index is -0.642. The minimum absolute atomic E-state index is 0.0735. The Kier molecular flexibility index (Phi) is 2.79. The molecule has 0 unspecified atom stereocenters. The highest BCUT2D eigenvalue weighted by Gasteiger charge is 2.36. The fraction of sp³-hybridized carbons (Fsp3) is 0.0667. The third kappa shape index (κ3) is 1.73. The summed E-state index contributed by atoms with van der Waals surface area (Å²) in [5.74, 6) is -0.878. The Morgan fingerprint density at radius 3 is 2.14 bits per heavy atom. The fourth-order valence-electron chi connectivity index (χ4n) is 2.58. The van der Waals surface area contributed by atoms with Gasteiger partial charge in [0.1, 0.15) is 5.56 Å². The molecular weight excluding hydrogens is 272 g/mol. The lowest BCUT2D eigenvalue weighted by Gasteiger charge is -2.19. The van der Waals surface area contributed by atoms with Crippen LogP contribution in [-0.2, 0) is 0 Å². The Morgan fingerprint density at radius 2 is 1.52 bits per heavy atom. The number of nitrogens with one attached hydrogen (secondary N) is 1. The first-order valence-electron chi connectivity index (χ1n) is 6.24. The van der Waals surface area contributed by atoms with Crippen molar-refractivity contribution in [2.24, 2.45) is 0 Å². The van der Waals surface area contributed by atoms with Gasteiger partial charge in [-0.1, -0.05) is 18.2 Å². The number of fused-ring (bicyclic) bond motifs is 2. The van der Waals surface area contributed by atoms with Crippen LogP contribution in [0.3, 0.4) is 0 Å². The van der Waals surface area contributed by atoms with Crippen molar-refractivity contribution in [3.63, 3.8) is 0 Å². The van der Waals surface area contributed by atoms with Crippen molar-refractivity contribution < 1.29 is 14.5 Å². The predicted molar refractivity (Wildman–Crippen MR) is 76.0 cm³/mol. The number of carbonyl (C=O) groups excluding carboxylic acids is 2. The molecule has 1 N–H and O–H groups in total. The zero-order chi connectivity index (χ0) is 15.1.